The Morgan fingerprint density at radius 2 is 2.04 bits per heavy atom. The number of para-hydroxylation sites is 1. The van der Waals surface area contributed by atoms with E-state index in [1.54, 1.807) is 24.3 Å². The minimum Gasteiger partial charge on any atom is -0.463 e. The molecule has 10 heteroatoms. The average molecular weight is 393 g/mol. The van der Waals surface area contributed by atoms with E-state index in [0.717, 1.165) is 7.11 Å². The topological polar surface area (TPSA) is 128 Å². The van der Waals surface area contributed by atoms with Crippen LogP contribution in [-0.2, 0) is 25.0 Å². The quantitative estimate of drug-likeness (QED) is 0.356. The third-order valence-electron chi connectivity index (χ3n) is 3.68. The molecule has 2 aromatic heterocycles. The van der Waals surface area contributed by atoms with Crippen LogP contribution in [0.25, 0.3) is 11.1 Å². The van der Waals surface area contributed by atoms with Crippen molar-refractivity contribution in [2.75, 3.05) is 7.11 Å². The molecule has 0 saturated carbocycles. The van der Waals surface area contributed by atoms with Gasteiger partial charge in [0.05, 0.1) is 18.2 Å². The van der Waals surface area contributed by atoms with Gasteiger partial charge in [0.15, 0.2) is 5.58 Å². The number of hydrogen-bond acceptors (Lipinski definition) is 7. The summed E-state index contributed by atoms with van der Waals surface area (Å²) in [4.78, 5) is 36.2. The first-order valence-corrected chi connectivity index (χ1v) is 9.35. The summed E-state index contributed by atoms with van der Waals surface area (Å²) in [6, 6.07) is 9.47. The van der Waals surface area contributed by atoms with Crippen LogP contribution in [0.5, 0.6) is 5.75 Å². The fraction of sp³-hybridized carbons (Fsp3) is 0.176. The highest BCUT2D eigenvalue weighted by atomic mass is 31.2. The van der Waals surface area contributed by atoms with Crippen LogP contribution in [0.4, 0.5) is 0 Å². The summed E-state index contributed by atoms with van der Waals surface area (Å²) in [6.07, 6.45) is 1.47. The molecule has 1 unspecified atom stereocenters. The lowest BCUT2D eigenvalue weighted by Gasteiger charge is -2.13. The maximum atomic E-state index is 12.0. The van der Waals surface area contributed by atoms with E-state index in [4.69, 9.17) is 13.7 Å². The van der Waals surface area contributed by atoms with Gasteiger partial charge in [-0.25, -0.2) is 9.36 Å². The largest absolute Gasteiger partial charge is 0.527 e. The summed E-state index contributed by atoms with van der Waals surface area (Å²) in [7, 11) is -3.18. The molecule has 0 spiro atoms. The lowest BCUT2D eigenvalue weighted by Crippen LogP contribution is -2.13. The van der Waals surface area contributed by atoms with Crippen molar-refractivity contribution in [2.45, 2.75) is 12.8 Å². The second-order valence-corrected chi connectivity index (χ2v) is 6.98. The SMILES string of the molecule is COP(=O)(O)Oc1ccccc1CCC(=O)OC(=O)c1cc2occc2[nH]1. The van der Waals surface area contributed by atoms with Crippen molar-refractivity contribution in [1.82, 2.24) is 4.98 Å². The van der Waals surface area contributed by atoms with Crippen LogP contribution in [0.3, 0.4) is 0 Å². The fourth-order valence-corrected chi connectivity index (χ4v) is 2.87. The predicted octanol–water partition coefficient (Wildman–Crippen LogP) is 3.20. The molecule has 27 heavy (non-hydrogen) atoms. The minimum atomic E-state index is -4.22. The summed E-state index contributed by atoms with van der Waals surface area (Å²) in [6.45, 7) is 0. The fourth-order valence-electron chi connectivity index (χ4n) is 2.37. The second kappa shape index (κ2) is 7.79. The number of furan rings is 1. The Labute approximate surface area is 153 Å². The first kappa shape index (κ1) is 18.9. The molecule has 3 aromatic rings. The van der Waals surface area contributed by atoms with E-state index in [0.29, 0.717) is 16.7 Å². The van der Waals surface area contributed by atoms with Gasteiger partial charge < -0.3 is 18.7 Å². The van der Waals surface area contributed by atoms with E-state index < -0.39 is 19.8 Å². The lowest BCUT2D eigenvalue weighted by atomic mass is 10.1. The van der Waals surface area contributed by atoms with Crippen LogP contribution < -0.4 is 4.52 Å². The molecule has 9 nitrogen and oxygen atoms in total. The molecule has 1 atom stereocenters. The maximum Gasteiger partial charge on any atom is 0.527 e. The zero-order chi connectivity index (χ0) is 19.4. The molecule has 0 radical (unpaired) electrons. The molecule has 0 aliphatic rings. The number of aromatic nitrogens is 1. The molecule has 0 aliphatic heterocycles. The summed E-state index contributed by atoms with van der Waals surface area (Å²) < 4.78 is 30.8. The summed E-state index contributed by atoms with van der Waals surface area (Å²) in [5.41, 5.74) is 1.69. The third-order valence-corrected chi connectivity index (χ3v) is 4.57. The Morgan fingerprint density at radius 1 is 1.26 bits per heavy atom. The van der Waals surface area contributed by atoms with Gasteiger partial charge in [0.2, 0.25) is 0 Å². The minimum absolute atomic E-state index is 0.0998. The van der Waals surface area contributed by atoms with Gasteiger partial charge in [0.1, 0.15) is 11.4 Å². The van der Waals surface area contributed by atoms with Crippen molar-refractivity contribution in [3.05, 3.63) is 53.9 Å². The Hall–Kier alpha value is -2.87. The van der Waals surface area contributed by atoms with E-state index in [1.807, 2.05) is 0 Å². The summed E-state index contributed by atoms with van der Waals surface area (Å²) in [5, 5.41) is 0. The van der Waals surface area contributed by atoms with Crippen molar-refractivity contribution in [3.63, 3.8) is 0 Å². The van der Waals surface area contributed by atoms with Crippen LogP contribution >= 0.6 is 7.82 Å². The summed E-state index contributed by atoms with van der Waals surface area (Å²) in [5.74, 6) is -1.47. The number of phosphoric ester groups is 1. The van der Waals surface area contributed by atoms with Crippen molar-refractivity contribution in [3.8, 4) is 5.75 Å². The Bertz CT molecular complexity index is 992. The highest BCUT2D eigenvalue weighted by molar-refractivity contribution is 7.47. The van der Waals surface area contributed by atoms with E-state index in [-0.39, 0.29) is 24.3 Å². The normalized spacial score (nSPS) is 13.3. The van der Waals surface area contributed by atoms with Crippen molar-refractivity contribution in [2.24, 2.45) is 0 Å². The van der Waals surface area contributed by atoms with E-state index >= 15 is 0 Å². The smallest absolute Gasteiger partial charge is 0.463 e. The zero-order valence-corrected chi connectivity index (χ0v) is 15.1. The van der Waals surface area contributed by atoms with E-state index in [1.165, 1.54) is 18.4 Å². The van der Waals surface area contributed by atoms with Crippen molar-refractivity contribution < 1.29 is 37.2 Å². The zero-order valence-electron chi connectivity index (χ0n) is 14.2. The number of aromatic amines is 1. The highest BCUT2D eigenvalue weighted by Crippen LogP contribution is 2.43. The number of rotatable bonds is 7. The molecule has 3 rings (SSSR count). The number of esters is 2. The van der Waals surface area contributed by atoms with Crippen LogP contribution in [-0.4, -0.2) is 28.9 Å². The van der Waals surface area contributed by atoms with Crippen LogP contribution in [0, 0.1) is 0 Å². The van der Waals surface area contributed by atoms with Gasteiger partial charge in [-0.05, 0) is 18.1 Å². The van der Waals surface area contributed by atoms with Crippen molar-refractivity contribution in [1.29, 1.82) is 0 Å². The number of hydrogen-bond donors (Lipinski definition) is 2. The first-order chi connectivity index (χ1) is 12.9. The Kier molecular flexibility index (Phi) is 5.46. The molecular formula is C17H16NO8P. The van der Waals surface area contributed by atoms with Crippen molar-refractivity contribution >= 4 is 30.9 Å². The molecular weight excluding hydrogens is 377 g/mol. The molecule has 0 saturated heterocycles. The monoisotopic (exact) mass is 393 g/mol. The number of aryl methyl sites for hydroxylation is 1. The molecule has 2 N–H and O–H groups in total. The Balaban J connectivity index is 1.60. The standard InChI is InChI=1S/C17H16NO8P/c1-23-27(21,22)26-14-5-3-2-4-11(14)6-7-16(19)25-17(20)13-10-15-12(18-13)8-9-24-15/h2-5,8-10,18H,6-7H2,1H3,(H,21,22). The molecule has 0 fully saturated rings. The van der Waals surface area contributed by atoms with E-state index in [2.05, 4.69) is 9.51 Å². The number of fused-ring (bicyclic) bond motifs is 1. The van der Waals surface area contributed by atoms with Crippen LogP contribution in [0.15, 0.2) is 47.1 Å². The molecule has 2 heterocycles. The number of H-pyrrole nitrogens is 1. The second-order valence-electron chi connectivity index (χ2n) is 5.49. The van der Waals surface area contributed by atoms with Gasteiger partial charge in [0, 0.05) is 19.2 Å². The van der Waals surface area contributed by atoms with Gasteiger partial charge >= 0.3 is 19.8 Å². The number of carbonyl (C=O) groups is 2. The number of carbonyl (C=O) groups excluding carboxylic acids is 2. The Morgan fingerprint density at radius 3 is 2.78 bits per heavy atom. The summed E-state index contributed by atoms with van der Waals surface area (Å²) >= 11 is 0. The van der Waals surface area contributed by atoms with Crippen LogP contribution in [0.1, 0.15) is 22.5 Å². The lowest BCUT2D eigenvalue weighted by molar-refractivity contribution is -0.137. The number of ether oxygens (including phenoxy) is 1. The van der Waals surface area contributed by atoms with E-state index in [9.17, 15) is 19.0 Å². The number of nitrogens with one attached hydrogen (secondary N) is 1. The predicted molar refractivity (Wildman–Crippen MR) is 93.2 cm³/mol. The first-order valence-electron chi connectivity index (χ1n) is 7.85. The molecule has 0 bridgehead atoms. The number of phosphoric acid groups is 1. The molecule has 0 aliphatic carbocycles. The van der Waals surface area contributed by atoms with Crippen LogP contribution in [0.2, 0.25) is 0 Å². The van der Waals surface area contributed by atoms with Gasteiger partial charge in [-0.2, -0.15) is 0 Å². The number of benzene rings is 1. The van der Waals surface area contributed by atoms with Gasteiger partial charge in [-0.3, -0.25) is 14.2 Å². The maximum absolute atomic E-state index is 12.0. The molecule has 0 amide bonds. The molecule has 1 aromatic carbocycles. The average Bonchev–Trinajstić information content (AvgIpc) is 3.22. The van der Waals surface area contributed by atoms with Gasteiger partial charge in [-0.1, -0.05) is 18.2 Å². The third kappa shape index (κ3) is 4.65. The highest BCUT2D eigenvalue weighted by Gasteiger charge is 2.22. The molecule has 142 valence electrons. The van der Waals surface area contributed by atoms with Gasteiger partial charge in [0.25, 0.3) is 0 Å². The van der Waals surface area contributed by atoms with Gasteiger partial charge in [-0.15, -0.1) is 0 Å².